The summed E-state index contributed by atoms with van der Waals surface area (Å²) in [4.78, 5) is 16.7. The van der Waals surface area contributed by atoms with E-state index in [4.69, 9.17) is 4.74 Å². The molecule has 0 fully saturated rings. The second-order valence-corrected chi connectivity index (χ2v) is 5.41. The minimum absolute atomic E-state index is 0.0622. The predicted octanol–water partition coefficient (Wildman–Crippen LogP) is 3.29. The second-order valence-electron chi connectivity index (χ2n) is 5.41. The van der Waals surface area contributed by atoms with Crippen molar-refractivity contribution in [2.24, 2.45) is 0 Å². The molecule has 0 unspecified atom stereocenters. The summed E-state index contributed by atoms with van der Waals surface area (Å²) in [7, 11) is 0. The highest BCUT2D eigenvalue weighted by Gasteiger charge is 2.23. The van der Waals surface area contributed by atoms with E-state index in [9.17, 15) is 4.79 Å². The number of aromatic nitrogens is 1. The molecule has 2 aromatic rings. The molecule has 1 aliphatic carbocycles. The van der Waals surface area contributed by atoms with Gasteiger partial charge in [0.1, 0.15) is 5.56 Å². The Balaban J connectivity index is 1.81. The molecule has 1 atom stereocenters. The number of rotatable bonds is 4. The number of carbonyl (C=O) groups is 1. The van der Waals surface area contributed by atoms with Gasteiger partial charge in [-0.15, -0.1) is 0 Å². The van der Waals surface area contributed by atoms with Crippen LogP contribution in [-0.4, -0.2) is 17.5 Å². The van der Waals surface area contributed by atoms with E-state index < -0.39 is 0 Å². The third-order valence-corrected chi connectivity index (χ3v) is 3.97. The van der Waals surface area contributed by atoms with Gasteiger partial charge in [-0.05, 0) is 49.4 Å². The monoisotopic (exact) mass is 296 g/mol. The average Bonchev–Trinajstić information content (AvgIpc) is 2.56. The fraction of sp³-hybridized carbons (Fsp3) is 0.333. The Kier molecular flexibility index (Phi) is 4.37. The number of hydrogen-bond acceptors (Lipinski definition) is 3. The van der Waals surface area contributed by atoms with Gasteiger partial charge in [-0.3, -0.25) is 4.79 Å². The molecule has 1 N–H and O–H groups in total. The summed E-state index contributed by atoms with van der Waals surface area (Å²) in [5.74, 6) is 0.268. The predicted molar refractivity (Wildman–Crippen MR) is 85.0 cm³/mol. The number of pyridine rings is 1. The van der Waals surface area contributed by atoms with E-state index in [1.54, 1.807) is 18.3 Å². The topological polar surface area (TPSA) is 51.2 Å². The highest BCUT2D eigenvalue weighted by molar-refractivity contribution is 5.96. The third-order valence-electron chi connectivity index (χ3n) is 3.97. The van der Waals surface area contributed by atoms with Gasteiger partial charge in [0.05, 0.1) is 12.6 Å². The molecule has 0 saturated heterocycles. The van der Waals surface area contributed by atoms with Crippen LogP contribution in [0, 0.1) is 0 Å². The molecular formula is C18H20N2O2. The molecule has 1 aromatic carbocycles. The maximum Gasteiger partial charge on any atom is 0.257 e. The van der Waals surface area contributed by atoms with Crippen LogP contribution < -0.4 is 10.1 Å². The molecule has 4 heteroatoms. The van der Waals surface area contributed by atoms with Gasteiger partial charge >= 0.3 is 0 Å². The summed E-state index contributed by atoms with van der Waals surface area (Å²) in [6.07, 6.45) is 4.78. The first-order valence-corrected chi connectivity index (χ1v) is 7.76. The Hall–Kier alpha value is -2.36. The normalized spacial score (nSPS) is 16.7. The van der Waals surface area contributed by atoms with E-state index in [-0.39, 0.29) is 11.9 Å². The highest BCUT2D eigenvalue weighted by atomic mass is 16.5. The first-order valence-electron chi connectivity index (χ1n) is 7.76. The maximum atomic E-state index is 12.6. The van der Waals surface area contributed by atoms with Crippen molar-refractivity contribution in [2.45, 2.75) is 32.2 Å². The molecule has 1 aliphatic rings. The van der Waals surface area contributed by atoms with E-state index >= 15 is 0 Å². The smallest absolute Gasteiger partial charge is 0.257 e. The van der Waals surface area contributed by atoms with E-state index in [1.807, 2.05) is 13.0 Å². The molecule has 4 nitrogen and oxygen atoms in total. The van der Waals surface area contributed by atoms with Crippen molar-refractivity contribution >= 4 is 5.91 Å². The van der Waals surface area contributed by atoms with Crippen LogP contribution in [0.5, 0.6) is 5.88 Å². The van der Waals surface area contributed by atoms with Crippen LogP contribution in [0.1, 0.15) is 47.3 Å². The number of nitrogens with zero attached hydrogens (tertiary/aromatic N) is 1. The standard InChI is InChI=1S/C18H20N2O2/c1-2-22-18-15(10-6-12-19-18)17(21)20-16-11-5-8-13-7-3-4-9-14(13)16/h3-4,6-7,9-10,12,16H,2,5,8,11H2,1H3,(H,20,21)/t16-/m0/s1. The van der Waals surface area contributed by atoms with Crippen molar-refractivity contribution in [1.29, 1.82) is 0 Å². The van der Waals surface area contributed by atoms with Gasteiger partial charge in [0.15, 0.2) is 0 Å². The van der Waals surface area contributed by atoms with Crippen LogP contribution in [0.3, 0.4) is 0 Å². The number of benzene rings is 1. The van der Waals surface area contributed by atoms with Gasteiger partial charge in [0, 0.05) is 6.20 Å². The quantitative estimate of drug-likeness (QED) is 0.942. The molecule has 0 aliphatic heterocycles. The molecule has 0 radical (unpaired) electrons. The lowest BCUT2D eigenvalue weighted by Crippen LogP contribution is -2.31. The average molecular weight is 296 g/mol. The van der Waals surface area contributed by atoms with Crippen molar-refractivity contribution in [3.8, 4) is 5.88 Å². The molecule has 1 aromatic heterocycles. The Morgan fingerprint density at radius 3 is 3.05 bits per heavy atom. The molecule has 1 heterocycles. The lowest BCUT2D eigenvalue weighted by atomic mass is 9.87. The van der Waals surface area contributed by atoms with E-state index in [0.29, 0.717) is 18.1 Å². The Labute approximate surface area is 130 Å². The van der Waals surface area contributed by atoms with Gasteiger partial charge in [-0.25, -0.2) is 4.98 Å². The van der Waals surface area contributed by atoms with Crippen LogP contribution in [0.25, 0.3) is 0 Å². The van der Waals surface area contributed by atoms with E-state index in [1.165, 1.54) is 11.1 Å². The van der Waals surface area contributed by atoms with Crippen LogP contribution in [0.15, 0.2) is 42.6 Å². The molecule has 3 rings (SSSR count). The molecule has 1 amide bonds. The summed E-state index contributed by atoms with van der Waals surface area (Å²) in [5, 5.41) is 3.13. The van der Waals surface area contributed by atoms with Crippen molar-refractivity contribution in [3.63, 3.8) is 0 Å². The number of amides is 1. The van der Waals surface area contributed by atoms with Crippen LogP contribution in [-0.2, 0) is 6.42 Å². The zero-order valence-electron chi connectivity index (χ0n) is 12.7. The zero-order valence-corrected chi connectivity index (χ0v) is 12.7. The Morgan fingerprint density at radius 1 is 1.32 bits per heavy atom. The van der Waals surface area contributed by atoms with Crippen molar-refractivity contribution < 1.29 is 9.53 Å². The summed E-state index contributed by atoms with van der Waals surface area (Å²) < 4.78 is 5.44. The SMILES string of the molecule is CCOc1ncccc1C(=O)N[C@H]1CCCc2ccccc21. The molecular weight excluding hydrogens is 276 g/mol. The maximum absolute atomic E-state index is 12.6. The summed E-state index contributed by atoms with van der Waals surface area (Å²) in [5.41, 5.74) is 3.05. The van der Waals surface area contributed by atoms with Crippen molar-refractivity contribution in [1.82, 2.24) is 10.3 Å². The zero-order chi connectivity index (χ0) is 15.4. The molecule has 114 valence electrons. The fourth-order valence-corrected chi connectivity index (χ4v) is 2.96. The summed E-state index contributed by atoms with van der Waals surface area (Å²) >= 11 is 0. The lowest BCUT2D eigenvalue weighted by molar-refractivity contribution is 0.0928. The number of aryl methyl sites for hydroxylation is 1. The molecule has 22 heavy (non-hydrogen) atoms. The van der Waals surface area contributed by atoms with Gasteiger partial charge in [-0.1, -0.05) is 24.3 Å². The van der Waals surface area contributed by atoms with Gasteiger partial charge in [0.25, 0.3) is 5.91 Å². The van der Waals surface area contributed by atoms with E-state index in [0.717, 1.165) is 19.3 Å². The van der Waals surface area contributed by atoms with Crippen molar-refractivity contribution in [2.75, 3.05) is 6.61 Å². The Bertz CT molecular complexity index is 670. The van der Waals surface area contributed by atoms with Gasteiger partial charge in [0.2, 0.25) is 5.88 Å². The van der Waals surface area contributed by atoms with Crippen LogP contribution >= 0.6 is 0 Å². The number of nitrogens with one attached hydrogen (secondary N) is 1. The number of carbonyl (C=O) groups excluding carboxylic acids is 1. The molecule has 0 bridgehead atoms. The molecule has 0 saturated carbocycles. The first kappa shape index (κ1) is 14.6. The number of hydrogen-bond donors (Lipinski definition) is 1. The molecule has 0 spiro atoms. The number of fused-ring (bicyclic) bond motifs is 1. The first-order chi connectivity index (χ1) is 10.8. The third kappa shape index (κ3) is 2.96. The van der Waals surface area contributed by atoms with Crippen molar-refractivity contribution in [3.05, 3.63) is 59.3 Å². The summed E-state index contributed by atoms with van der Waals surface area (Å²) in [6.45, 7) is 2.37. The van der Waals surface area contributed by atoms with Crippen LogP contribution in [0.4, 0.5) is 0 Å². The minimum Gasteiger partial charge on any atom is -0.477 e. The largest absolute Gasteiger partial charge is 0.477 e. The van der Waals surface area contributed by atoms with Gasteiger partial charge < -0.3 is 10.1 Å². The highest BCUT2D eigenvalue weighted by Crippen LogP contribution is 2.30. The van der Waals surface area contributed by atoms with Gasteiger partial charge in [-0.2, -0.15) is 0 Å². The lowest BCUT2D eigenvalue weighted by Gasteiger charge is -2.26. The van der Waals surface area contributed by atoms with Crippen LogP contribution in [0.2, 0.25) is 0 Å². The Morgan fingerprint density at radius 2 is 2.18 bits per heavy atom. The van der Waals surface area contributed by atoms with E-state index in [2.05, 4.69) is 28.5 Å². The number of ether oxygens (including phenoxy) is 1. The fourth-order valence-electron chi connectivity index (χ4n) is 2.96. The second kappa shape index (κ2) is 6.60. The minimum atomic E-state index is -0.127. The summed E-state index contributed by atoms with van der Waals surface area (Å²) in [6, 6.07) is 11.9.